The summed E-state index contributed by atoms with van der Waals surface area (Å²) in [6.07, 6.45) is 0. The lowest BCUT2D eigenvalue weighted by Crippen LogP contribution is -2.36. The number of rotatable bonds is 7. The van der Waals surface area contributed by atoms with Gasteiger partial charge in [0, 0.05) is 17.4 Å². The number of aryl methyl sites for hydroxylation is 3. The number of carbonyl (C=O) groups excluding carboxylic acids is 2. The van der Waals surface area contributed by atoms with Crippen LogP contribution in [-0.2, 0) is 9.59 Å². The van der Waals surface area contributed by atoms with Gasteiger partial charge in [0.15, 0.2) is 0 Å². The second-order valence-electron chi connectivity index (χ2n) is 6.38. The summed E-state index contributed by atoms with van der Waals surface area (Å²) in [7, 11) is 0. The van der Waals surface area contributed by atoms with Crippen molar-refractivity contribution in [2.45, 2.75) is 20.8 Å². The first-order valence-electron chi connectivity index (χ1n) is 8.49. The Balaban J connectivity index is 1.85. The van der Waals surface area contributed by atoms with E-state index in [0.717, 1.165) is 28.8 Å². The maximum Gasteiger partial charge on any atom is 0.306 e. The van der Waals surface area contributed by atoms with Crippen molar-refractivity contribution in [2.75, 3.05) is 23.7 Å². The van der Waals surface area contributed by atoms with E-state index in [1.807, 2.05) is 32.9 Å². The van der Waals surface area contributed by atoms with E-state index in [2.05, 4.69) is 16.0 Å². The van der Waals surface area contributed by atoms with Gasteiger partial charge >= 0.3 is 5.69 Å². The van der Waals surface area contributed by atoms with Crippen LogP contribution in [0.1, 0.15) is 16.7 Å². The summed E-state index contributed by atoms with van der Waals surface area (Å²) in [6.45, 7) is 5.30. The molecule has 0 bridgehead atoms. The second kappa shape index (κ2) is 8.94. The van der Waals surface area contributed by atoms with Gasteiger partial charge in [-0.2, -0.15) is 4.39 Å². The van der Waals surface area contributed by atoms with Gasteiger partial charge in [0.25, 0.3) is 0 Å². The number of nitrogens with one attached hydrogen (secondary N) is 3. The largest absolute Gasteiger partial charge is 0.376 e. The smallest absolute Gasteiger partial charge is 0.306 e. The first-order chi connectivity index (χ1) is 13.2. The molecule has 28 heavy (non-hydrogen) atoms. The fourth-order valence-corrected chi connectivity index (χ4v) is 2.75. The molecule has 0 radical (unpaired) electrons. The predicted octanol–water partition coefficient (Wildman–Crippen LogP) is 2.83. The van der Waals surface area contributed by atoms with Gasteiger partial charge in [-0.15, -0.1) is 0 Å². The molecule has 0 unspecified atom stereocenters. The predicted molar refractivity (Wildman–Crippen MR) is 104 cm³/mol. The zero-order valence-corrected chi connectivity index (χ0v) is 15.8. The first-order valence-corrected chi connectivity index (χ1v) is 8.49. The number of anilines is 2. The molecule has 0 aliphatic rings. The van der Waals surface area contributed by atoms with Crippen LogP contribution in [0.3, 0.4) is 0 Å². The number of benzene rings is 2. The number of hydrogen-bond acceptors (Lipinski definition) is 5. The van der Waals surface area contributed by atoms with Crippen molar-refractivity contribution in [3.8, 4) is 0 Å². The number of amides is 2. The molecule has 0 aliphatic carbocycles. The minimum atomic E-state index is -0.960. The molecule has 0 fully saturated rings. The average molecular weight is 388 g/mol. The molecule has 148 valence electrons. The second-order valence-corrected chi connectivity index (χ2v) is 6.38. The number of nitro groups is 1. The van der Waals surface area contributed by atoms with Crippen LogP contribution in [0.5, 0.6) is 0 Å². The minimum absolute atomic E-state index is 0.221. The van der Waals surface area contributed by atoms with E-state index >= 15 is 0 Å². The molecule has 0 saturated heterocycles. The fourth-order valence-electron chi connectivity index (χ4n) is 2.75. The van der Waals surface area contributed by atoms with Crippen LogP contribution in [0.25, 0.3) is 0 Å². The van der Waals surface area contributed by atoms with E-state index in [1.54, 1.807) is 0 Å². The van der Waals surface area contributed by atoms with Crippen molar-refractivity contribution in [1.82, 2.24) is 5.32 Å². The standard InChI is InChI=1S/C19H21FN4O4/c1-11-6-12(2)19(13(3)7-11)23-18(26)10-22-17(25)9-21-14-4-5-15(20)16(8-14)24(27)28/h4-8,21H,9-10H2,1-3H3,(H,22,25)(H,23,26). The molecule has 3 N–H and O–H groups in total. The van der Waals surface area contributed by atoms with Crippen LogP contribution in [0, 0.1) is 36.7 Å². The van der Waals surface area contributed by atoms with Crippen molar-refractivity contribution in [2.24, 2.45) is 0 Å². The average Bonchev–Trinajstić information content (AvgIpc) is 2.62. The van der Waals surface area contributed by atoms with E-state index in [0.29, 0.717) is 5.69 Å². The third-order valence-electron chi connectivity index (χ3n) is 3.98. The molecular formula is C19H21FN4O4. The highest BCUT2D eigenvalue weighted by molar-refractivity contribution is 5.96. The van der Waals surface area contributed by atoms with Crippen LogP contribution >= 0.6 is 0 Å². The molecular weight excluding hydrogens is 367 g/mol. The first kappa shape index (κ1) is 20.8. The lowest BCUT2D eigenvalue weighted by Gasteiger charge is -2.13. The van der Waals surface area contributed by atoms with Gasteiger partial charge in [-0.1, -0.05) is 17.7 Å². The van der Waals surface area contributed by atoms with E-state index < -0.39 is 22.3 Å². The molecule has 2 rings (SSSR count). The summed E-state index contributed by atoms with van der Waals surface area (Å²) >= 11 is 0. The van der Waals surface area contributed by atoms with Crippen LogP contribution in [0.4, 0.5) is 21.5 Å². The van der Waals surface area contributed by atoms with Gasteiger partial charge in [-0.05, 0) is 44.0 Å². The molecule has 2 aromatic rings. The van der Waals surface area contributed by atoms with Crippen molar-refractivity contribution >= 4 is 28.9 Å². The van der Waals surface area contributed by atoms with Crippen LogP contribution in [-0.4, -0.2) is 29.8 Å². The number of hydrogen-bond donors (Lipinski definition) is 3. The Labute approximate surface area is 161 Å². The highest BCUT2D eigenvalue weighted by atomic mass is 19.1. The third kappa shape index (κ3) is 5.50. The Morgan fingerprint density at radius 2 is 1.68 bits per heavy atom. The number of nitro benzene ring substituents is 1. The SMILES string of the molecule is Cc1cc(C)c(NC(=O)CNC(=O)CNc2ccc(F)c([N+](=O)[O-])c2)c(C)c1. The summed E-state index contributed by atoms with van der Waals surface area (Å²) in [5.41, 5.74) is 3.19. The van der Waals surface area contributed by atoms with Crippen molar-refractivity contribution < 1.29 is 18.9 Å². The zero-order valence-electron chi connectivity index (χ0n) is 15.8. The van der Waals surface area contributed by atoms with Crippen LogP contribution < -0.4 is 16.0 Å². The lowest BCUT2D eigenvalue weighted by atomic mass is 10.1. The molecule has 0 saturated carbocycles. The zero-order chi connectivity index (χ0) is 20.8. The molecule has 0 aromatic heterocycles. The van der Waals surface area contributed by atoms with Crippen LogP contribution in [0.2, 0.25) is 0 Å². The lowest BCUT2D eigenvalue weighted by molar-refractivity contribution is -0.387. The highest BCUT2D eigenvalue weighted by Crippen LogP contribution is 2.22. The van der Waals surface area contributed by atoms with E-state index in [-0.39, 0.29) is 24.7 Å². The van der Waals surface area contributed by atoms with E-state index in [9.17, 15) is 24.1 Å². The maximum absolute atomic E-state index is 13.3. The Kier molecular flexibility index (Phi) is 6.64. The fraction of sp³-hybridized carbons (Fsp3) is 0.263. The highest BCUT2D eigenvalue weighted by Gasteiger charge is 2.15. The Hall–Kier alpha value is -3.49. The Morgan fingerprint density at radius 3 is 2.29 bits per heavy atom. The number of halogens is 1. The van der Waals surface area contributed by atoms with Crippen LogP contribution in [0.15, 0.2) is 30.3 Å². The molecule has 2 amide bonds. The van der Waals surface area contributed by atoms with Gasteiger partial charge in [0.05, 0.1) is 18.0 Å². The van der Waals surface area contributed by atoms with E-state index in [4.69, 9.17) is 0 Å². The monoisotopic (exact) mass is 388 g/mol. The quantitative estimate of drug-likeness (QED) is 0.499. The van der Waals surface area contributed by atoms with Crippen molar-refractivity contribution in [1.29, 1.82) is 0 Å². The van der Waals surface area contributed by atoms with Gasteiger partial charge < -0.3 is 16.0 Å². The van der Waals surface area contributed by atoms with Gasteiger partial charge in [-0.25, -0.2) is 0 Å². The van der Waals surface area contributed by atoms with Gasteiger partial charge in [-0.3, -0.25) is 19.7 Å². The Bertz CT molecular complexity index is 907. The maximum atomic E-state index is 13.3. The summed E-state index contributed by atoms with van der Waals surface area (Å²) in [5, 5.41) is 18.6. The van der Waals surface area contributed by atoms with E-state index in [1.165, 1.54) is 6.07 Å². The summed E-state index contributed by atoms with van der Waals surface area (Å²) in [5.74, 6) is -1.82. The number of carbonyl (C=O) groups is 2. The van der Waals surface area contributed by atoms with Crippen molar-refractivity contribution in [3.05, 3.63) is 63.0 Å². The van der Waals surface area contributed by atoms with Crippen molar-refractivity contribution in [3.63, 3.8) is 0 Å². The molecule has 0 atom stereocenters. The summed E-state index contributed by atoms with van der Waals surface area (Å²) in [4.78, 5) is 33.8. The molecule has 0 heterocycles. The molecule has 9 heteroatoms. The molecule has 8 nitrogen and oxygen atoms in total. The summed E-state index contributed by atoms with van der Waals surface area (Å²) in [6, 6.07) is 7.13. The van der Waals surface area contributed by atoms with Gasteiger partial charge in [0.1, 0.15) is 0 Å². The number of nitrogens with zero attached hydrogens (tertiary/aromatic N) is 1. The van der Waals surface area contributed by atoms with Gasteiger partial charge in [0.2, 0.25) is 17.6 Å². The summed E-state index contributed by atoms with van der Waals surface area (Å²) < 4.78 is 13.3. The molecule has 2 aromatic carbocycles. The molecule has 0 aliphatic heterocycles. The molecule has 0 spiro atoms. The topological polar surface area (TPSA) is 113 Å². The minimum Gasteiger partial charge on any atom is -0.376 e. The Morgan fingerprint density at radius 1 is 1.04 bits per heavy atom. The third-order valence-corrected chi connectivity index (χ3v) is 3.98. The normalized spacial score (nSPS) is 10.3.